The summed E-state index contributed by atoms with van der Waals surface area (Å²) < 4.78 is 0. The molecule has 6 heteroatoms. The van der Waals surface area contributed by atoms with Gasteiger partial charge in [-0.25, -0.2) is 0 Å². The van der Waals surface area contributed by atoms with Crippen molar-refractivity contribution in [2.75, 3.05) is 13.1 Å². The number of carbonyl (C=O) groups excluding carboxylic acids is 1. The molecule has 0 radical (unpaired) electrons. The van der Waals surface area contributed by atoms with Gasteiger partial charge in [0.05, 0.1) is 0 Å². The smallest absolute Gasteiger partial charge is 0.320 e. The van der Waals surface area contributed by atoms with Crippen molar-refractivity contribution in [1.82, 2.24) is 9.80 Å². The molecule has 1 unspecified atom stereocenters. The first-order valence-corrected chi connectivity index (χ1v) is 9.41. The van der Waals surface area contributed by atoms with Crippen LogP contribution < -0.4 is 0 Å². The molecule has 0 aromatic heterocycles. The van der Waals surface area contributed by atoms with Crippen LogP contribution in [0.15, 0.2) is 30.3 Å². The first-order valence-electron chi connectivity index (χ1n) is 9.41. The number of likely N-dealkylation sites (tertiary alicyclic amines) is 1. The van der Waals surface area contributed by atoms with Crippen LogP contribution in [0.4, 0.5) is 0 Å². The number of carboxylic acid groups (broad SMARTS) is 1. The van der Waals surface area contributed by atoms with Crippen LogP contribution in [-0.4, -0.2) is 52.0 Å². The van der Waals surface area contributed by atoms with E-state index < -0.39 is 12.0 Å². The molecule has 1 saturated carbocycles. The molecular formula is C20H29ClN2O3. The maximum atomic E-state index is 13.1. The highest BCUT2D eigenvalue weighted by Gasteiger charge is 2.38. The van der Waals surface area contributed by atoms with Gasteiger partial charge >= 0.3 is 5.97 Å². The lowest BCUT2D eigenvalue weighted by Gasteiger charge is -2.36. The minimum atomic E-state index is -0.754. The van der Waals surface area contributed by atoms with Crippen molar-refractivity contribution >= 4 is 24.3 Å². The molecule has 144 valence electrons. The molecule has 1 heterocycles. The van der Waals surface area contributed by atoms with Crippen LogP contribution in [0.1, 0.15) is 44.6 Å². The second kappa shape index (κ2) is 9.38. The minimum Gasteiger partial charge on any atom is -0.480 e. The fraction of sp³-hybridized carbons (Fsp3) is 0.600. The van der Waals surface area contributed by atoms with Crippen LogP contribution in [0.2, 0.25) is 0 Å². The predicted octanol–water partition coefficient (Wildman–Crippen LogP) is 3.17. The number of hydrogen-bond donors (Lipinski definition) is 1. The molecule has 26 heavy (non-hydrogen) atoms. The lowest BCUT2D eigenvalue weighted by molar-refractivity contribution is -0.145. The standard InChI is InChI=1S/C20H28N2O3.ClH/c1-2-18(20(24)25)21-12-10-16(11-13-21)19(23)22(17-8-9-17)14-15-6-4-3-5-7-15;/h3-7,16-18H,2,8-14H2,1H3,(H,24,25);1H. The van der Waals surface area contributed by atoms with Gasteiger partial charge in [0.25, 0.3) is 0 Å². The highest BCUT2D eigenvalue weighted by Crippen LogP contribution is 2.32. The Morgan fingerprint density at radius 3 is 2.27 bits per heavy atom. The van der Waals surface area contributed by atoms with E-state index in [1.807, 2.05) is 30.0 Å². The molecule has 2 fully saturated rings. The average molecular weight is 381 g/mol. The monoisotopic (exact) mass is 380 g/mol. The largest absolute Gasteiger partial charge is 0.480 e. The van der Waals surface area contributed by atoms with Crippen LogP contribution in [0, 0.1) is 5.92 Å². The fourth-order valence-electron chi connectivity index (χ4n) is 3.83. The first kappa shape index (κ1) is 20.7. The molecule has 2 aliphatic rings. The molecule has 1 aliphatic heterocycles. The summed E-state index contributed by atoms with van der Waals surface area (Å²) in [7, 11) is 0. The molecule has 1 N–H and O–H groups in total. The summed E-state index contributed by atoms with van der Waals surface area (Å²) in [4.78, 5) is 28.5. The second-order valence-electron chi connectivity index (χ2n) is 7.26. The topological polar surface area (TPSA) is 60.9 Å². The van der Waals surface area contributed by atoms with Gasteiger partial charge in [-0.05, 0) is 50.8 Å². The maximum absolute atomic E-state index is 13.1. The zero-order chi connectivity index (χ0) is 17.8. The van der Waals surface area contributed by atoms with Crippen molar-refractivity contribution in [3.05, 3.63) is 35.9 Å². The molecule has 5 nitrogen and oxygen atoms in total. The summed E-state index contributed by atoms with van der Waals surface area (Å²) in [5.74, 6) is -0.461. The van der Waals surface area contributed by atoms with Gasteiger partial charge in [0.15, 0.2) is 0 Å². The van der Waals surface area contributed by atoms with E-state index in [0.717, 1.165) is 25.7 Å². The number of nitrogens with zero attached hydrogens (tertiary/aromatic N) is 2. The average Bonchev–Trinajstić information content (AvgIpc) is 3.46. The van der Waals surface area contributed by atoms with Crippen LogP contribution in [0.25, 0.3) is 0 Å². The Kier molecular flexibility index (Phi) is 7.47. The number of rotatable bonds is 7. The summed E-state index contributed by atoms with van der Waals surface area (Å²) in [5, 5.41) is 9.32. The van der Waals surface area contributed by atoms with Crippen LogP contribution >= 0.6 is 12.4 Å². The Morgan fingerprint density at radius 2 is 1.77 bits per heavy atom. The molecular weight excluding hydrogens is 352 g/mol. The van der Waals surface area contributed by atoms with Crippen molar-refractivity contribution in [2.45, 2.75) is 57.7 Å². The number of amides is 1. The Bertz CT molecular complexity index is 598. The van der Waals surface area contributed by atoms with Gasteiger partial charge in [0.2, 0.25) is 5.91 Å². The van der Waals surface area contributed by atoms with E-state index in [2.05, 4.69) is 17.0 Å². The molecule has 1 aliphatic carbocycles. The molecule has 1 aromatic carbocycles. The van der Waals surface area contributed by atoms with Crippen molar-refractivity contribution in [1.29, 1.82) is 0 Å². The number of hydrogen-bond acceptors (Lipinski definition) is 3. The molecule has 0 spiro atoms. The zero-order valence-electron chi connectivity index (χ0n) is 15.3. The van der Waals surface area contributed by atoms with Crippen molar-refractivity contribution in [3.8, 4) is 0 Å². The van der Waals surface area contributed by atoms with Gasteiger partial charge in [-0.3, -0.25) is 14.5 Å². The summed E-state index contributed by atoms with van der Waals surface area (Å²) in [6.45, 7) is 4.00. The number of piperidine rings is 1. The summed E-state index contributed by atoms with van der Waals surface area (Å²) >= 11 is 0. The Balaban J connectivity index is 0.00000243. The second-order valence-corrected chi connectivity index (χ2v) is 7.26. The van der Waals surface area contributed by atoms with Gasteiger partial charge in [0, 0.05) is 18.5 Å². The Morgan fingerprint density at radius 1 is 1.15 bits per heavy atom. The molecule has 1 amide bonds. The van der Waals surface area contributed by atoms with Crippen molar-refractivity contribution in [3.63, 3.8) is 0 Å². The van der Waals surface area contributed by atoms with Gasteiger partial charge in [-0.1, -0.05) is 37.3 Å². The Hall–Kier alpha value is -1.59. The molecule has 1 aromatic rings. The van der Waals surface area contributed by atoms with E-state index in [4.69, 9.17) is 0 Å². The van der Waals surface area contributed by atoms with E-state index in [0.29, 0.717) is 32.1 Å². The van der Waals surface area contributed by atoms with Crippen molar-refractivity contribution in [2.24, 2.45) is 5.92 Å². The van der Waals surface area contributed by atoms with E-state index in [1.165, 1.54) is 5.56 Å². The highest BCUT2D eigenvalue weighted by molar-refractivity contribution is 5.85. The normalized spacial score (nSPS) is 19.4. The lowest BCUT2D eigenvalue weighted by atomic mass is 9.93. The molecule has 0 bridgehead atoms. The third-order valence-electron chi connectivity index (χ3n) is 5.46. The van der Waals surface area contributed by atoms with Crippen molar-refractivity contribution < 1.29 is 14.7 Å². The molecule has 1 atom stereocenters. The van der Waals surface area contributed by atoms with Gasteiger partial charge in [-0.2, -0.15) is 0 Å². The third kappa shape index (κ3) is 4.98. The number of benzene rings is 1. The minimum absolute atomic E-state index is 0. The summed E-state index contributed by atoms with van der Waals surface area (Å²) in [6, 6.07) is 10.1. The van der Waals surface area contributed by atoms with E-state index in [-0.39, 0.29) is 24.2 Å². The van der Waals surface area contributed by atoms with Crippen LogP contribution in [-0.2, 0) is 16.1 Å². The predicted molar refractivity (Wildman–Crippen MR) is 103 cm³/mol. The highest BCUT2D eigenvalue weighted by atomic mass is 35.5. The number of halogens is 1. The molecule has 1 saturated heterocycles. The van der Waals surface area contributed by atoms with Gasteiger partial charge in [0.1, 0.15) is 6.04 Å². The van der Waals surface area contributed by atoms with Crippen LogP contribution in [0.5, 0.6) is 0 Å². The number of carbonyl (C=O) groups is 2. The zero-order valence-corrected chi connectivity index (χ0v) is 16.2. The lowest BCUT2D eigenvalue weighted by Crippen LogP contribution is -2.48. The SMILES string of the molecule is CCC(C(=O)O)N1CCC(C(=O)N(Cc2ccccc2)C2CC2)CC1.Cl. The number of carboxylic acids is 1. The van der Waals surface area contributed by atoms with Crippen LogP contribution in [0.3, 0.4) is 0 Å². The van der Waals surface area contributed by atoms with Gasteiger partial charge in [-0.15, -0.1) is 12.4 Å². The maximum Gasteiger partial charge on any atom is 0.320 e. The third-order valence-corrected chi connectivity index (χ3v) is 5.46. The van der Waals surface area contributed by atoms with Gasteiger partial charge < -0.3 is 10.0 Å². The molecule has 3 rings (SSSR count). The number of aliphatic carboxylic acids is 1. The first-order chi connectivity index (χ1) is 12.1. The van der Waals surface area contributed by atoms with E-state index in [1.54, 1.807) is 0 Å². The van der Waals surface area contributed by atoms with E-state index in [9.17, 15) is 14.7 Å². The fourth-order valence-corrected chi connectivity index (χ4v) is 3.83. The summed E-state index contributed by atoms with van der Waals surface area (Å²) in [5.41, 5.74) is 1.18. The van der Waals surface area contributed by atoms with E-state index >= 15 is 0 Å². The summed E-state index contributed by atoms with van der Waals surface area (Å²) in [6.07, 6.45) is 4.35. The Labute approximate surface area is 161 Å². The quantitative estimate of drug-likeness (QED) is 0.789.